The molecule has 1 aliphatic rings. The Morgan fingerprint density at radius 1 is 1.44 bits per heavy atom. The zero-order valence-electron chi connectivity index (χ0n) is 9.44. The number of hydrogen-bond donors (Lipinski definition) is 1. The van der Waals surface area contributed by atoms with Crippen LogP contribution in [0, 0.1) is 0 Å². The fourth-order valence-corrected chi connectivity index (χ4v) is 1.69. The van der Waals surface area contributed by atoms with Gasteiger partial charge in [0.2, 0.25) is 0 Å². The monoisotopic (exact) mass is 227 g/mol. The quantitative estimate of drug-likeness (QED) is 0.757. The van der Waals surface area contributed by atoms with Crippen LogP contribution in [0.25, 0.3) is 0 Å². The molecule has 0 radical (unpaired) electrons. The lowest BCUT2D eigenvalue weighted by Crippen LogP contribution is -2.15. The highest BCUT2D eigenvalue weighted by atomic mass is 16.5. The summed E-state index contributed by atoms with van der Waals surface area (Å²) in [5, 5.41) is 6.98. The van der Waals surface area contributed by atoms with Crippen molar-refractivity contribution in [2.24, 2.45) is 0 Å². The molecule has 6 nitrogen and oxygen atoms in total. The van der Waals surface area contributed by atoms with E-state index in [4.69, 9.17) is 14.0 Å². The highest BCUT2D eigenvalue weighted by Gasteiger charge is 2.21. The van der Waals surface area contributed by atoms with Crippen LogP contribution in [0.15, 0.2) is 4.52 Å². The van der Waals surface area contributed by atoms with Crippen molar-refractivity contribution in [3.63, 3.8) is 0 Å². The van der Waals surface area contributed by atoms with Gasteiger partial charge in [-0.15, -0.1) is 0 Å². The summed E-state index contributed by atoms with van der Waals surface area (Å²) in [7, 11) is 1.66. The van der Waals surface area contributed by atoms with E-state index in [0.29, 0.717) is 25.1 Å². The molecular formula is C10H17N3O3. The van der Waals surface area contributed by atoms with E-state index in [2.05, 4.69) is 15.5 Å². The number of anilines is 1. The number of hydrogen-bond acceptors (Lipinski definition) is 6. The van der Waals surface area contributed by atoms with Crippen LogP contribution in [0.5, 0.6) is 0 Å². The van der Waals surface area contributed by atoms with E-state index in [1.165, 1.54) is 0 Å². The van der Waals surface area contributed by atoms with E-state index < -0.39 is 0 Å². The first-order valence-corrected chi connectivity index (χ1v) is 5.54. The Morgan fingerprint density at radius 3 is 3.00 bits per heavy atom. The predicted octanol–water partition coefficient (Wildman–Crippen LogP) is 1.02. The Labute approximate surface area is 94.3 Å². The largest absolute Gasteiger partial charge is 0.383 e. The van der Waals surface area contributed by atoms with Gasteiger partial charge in [0.15, 0.2) is 5.82 Å². The van der Waals surface area contributed by atoms with Crippen molar-refractivity contribution in [3.05, 3.63) is 5.82 Å². The fourth-order valence-electron chi connectivity index (χ4n) is 1.69. The van der Waals surface area contributed by atoms with Crippen LogP contribution in [0.1, 0.15) is 24.6 Å². The number of aromatic nitrogens is 2. The van der Waals surface area contributed by atoms with E-state index in [1.54, 1.807) is 7.11 Å². The van der Waals surface area contributed by atoms with E-state index in [9.17, 15) is 0 Å². The number of nitrogens with zero attached hydrogens (tertiary/aromatic N) is 2. The molecule has 0 unspecified atom stereocenters. The number of nitrogens with one attached hydrogen (secondary N) is 1. The van der Waals surface area contributed by atoms with Crippen LogP contribution in [-0.4, -0.2) is 43.6 Å². The lowest BCUT2D eigenvalue weighted by Gasteiger charge is -2.18. The van der Waals surface area contributed by atoms with E-state index in [-0.39, 0.29) is 0 Å². The van der Waals surface area contributed by atoms with Gasteiger partial charge < -0.3 is 19.3 Å². The van der Waals surface area contributed by atoms with Crippen molar-refractivity contribution >= 4 is 6.01 Å². The van der Waals surface area contributed by atoms with Crippen LogP contribution in [0.2, 0.25) is 0 Å². The number of rotatable bonds is 5. The molecule has 1 N–H and O–H groups in total. The van der Waals surface area contributed by atoms with Crippen molar-refractivity contribution in [2.75, 3.05) is 38.8 Å². The highest BCUT2D eigenvalue weighted by Crippen LogP contribution is 2.24. The molecule has 6 heteroatoms. The molecule has 0 aromatic carbocycles. The lowest BCUT2D eigenvalue weighted by atomic mass is 10.00. The van der Waals surface area contributed by atoms with Gasteiger partial charge in [-0.2, -0.15) is 4.98 Å². The molecule has 1 fully saturated rings. The lowest BCUT2D eigenvalue weighted by molar-refractivity contribution is 0.0830. The smallest absolute Gasteiger partial charge is 0.321 e. The Morgan fingerprint density at radius 2 is 2.25 bits per heavy atom. The Hall–Kier alpha value is -1.14. The van der Waals surface area contributed by atoms with Crippen LogP contribution < -0.4 is 5.32 Å². The predicted molar refractivity (Wildman–Crippen MR) is 57.5 cm³/mol. The van der Waals surface area contributed by atoms with Gasteiger partial charge in [-0.3, -0.25) is 0 Å². The molecule has 2 rings (SSSR count). The third-order valence-electron chi connectivity index (χ3n) is 2.61. The van der Waals surface area contributed by atoms with Crippen molar-refractivity contribution in [2.45, 2.75) is 18.8 Å². The summed E-state index contributed by atoms with van der Waals surface area (Å²) in [5.74, 6) is 1.15. The third kappa shape index (κ3) is 2.93. The second kappa shape index (κ2) is 5.81. The van der Waals surface area contributed by atoms with Crippen LogP contribution in [0.3, 0.4) is 0 Å². The molecule has 0 aliphatic carbocycles. The molecule has 1 aromatic heterocycles. The van der Waals surface area contributed by atoms with Gasteiger partial charge >= 0.3 is 6.01 Å². The molecule has 0 amide bonds. The van der Waals surface area contributed by atoms with Gasteiger partial charge in [0.25, 0.3) is 0 Å². The van der Waals surface area contributed by atoms with Crippen LogP contribution in [0.4, 0.5) is 6.01 Å². The minimum Gasteiger partial charge on any atom is -0.383 e. The molecule has 1 aromatic rings. The van der Waals surface area contributed by atoms with Gasteiger partial charge in [0, 0.05) is 32.8 Å². The normalized spacial score (nSPS) is 17.6. The first-order valence-electron chi connectivity index (χ1n) is 5.54. The van der Waals surface area contributed by atoms with Gasteiger partial charge in [0.1, 0.15) is 0 Å². The summed E-state index contributed by atoms with van der Waals surface area (Å²) in [4.78, 5) is 4.31. The standard InChI is InChI=1S/C10H17N3O3/c1-14-7-4-11-10-12-9(13-16-10)8-2-5-15-6-3-8/h8H,2-7H2,1H3,(H,11,12,13). The van der Waals surface area contributed by atoms with Crippen molar-refractivity contribution in [1.82, 2.24) is 10.1 Å². The molecule has 2 heterocycles. The van der Waals surface area contributed by atoms with Gasteiger partial charge in [-0.05, 0) is 12.8 Å². The Balaban J connectivity index is 1.85. The second-order valence-corrected chi connectivity index (χ2v) is 3.76. The number of methoxy groups -OCH3 is 1. The summed E-state index contributed by atoms with van der Waals surface area (Å²) in [5.41, 5.74) is 0. The topological polar surface area (TPSA) is 69.4 Å². The molecule has 90 valence electrons. The third-order valence-corrected chi connectivity index (χ3v) is 2.61. The van der Waals surface area contributed by atoms with Crippen LogP contribution in [-0.2, 0) is 9.47 Å². The minimum atomic E-state index is 0.371. The van der Waals surface area contributed by atoms with Gasteiger partial charge in [-0.25, -0.2) is 0 Å². The first-order chi connectivity index (χ1) is 7.90. The van der Waals surface area contributed by atoms with Gasteiger partial charge in [-0.1, -0.05) is 5.16 Å². The Kier molecular flexibility index (Phi) is 4.12. The maximum atomic E-state index is 5.29. The molecule has 1 saturated heterocycles. The molecule has 16 heavy (non-hydrogen) atoms. The number of ether oxygens (including phenoxy) is 2. The van der Waals surface area contributed by atoms with E-state index in [1.807, 2.05) is 0 Å². The summed E-state index contributed by atoms with van der Waals surface area (Å²) in [6.45, 7) is 2.86. The maximum absolute atomic E-state index is 5.29. The Bertz CT molecular complexity index is 310. The maximum Gasteiger partial charge on any atom is 0.321 e. The van der Waals surface area contributed by atoms with Crippen LogP contribution >= 0.6 is 0 Å². The van der Waals surface area contributed by atoms with Crippen molar-refractivity contribution in [1.29, 1.82) is 0 Å². The van der Waals surface area contributed by atoms with Gasteiger partial charge in [0.05, 0.1) is 6.61 Å². The molecule has 0 bridgehead atoms. The summed E-state index contributed by atoms with van der Waals surface area (Å²) in [6.07, 6.45) is 1.94. The van der Waals surface area contributed by atoms with E-state index >= 15 is 0 Å². The summed E-state index contributed by atoms with van der Waals surface area (Å²) < 4.78 is 15.3. The molecule has 1 aliphatic heterocycles. The average molecular weight is 227 g/mol. The first kappa shape index (κ1) is 11.3. The fraction of sp³-hybridized carbons (Fsp3) is 0.800. The SMILES string of the molecule is COCCNc1nc(C2CCOCC2)no1. The zero-order valence-corrected chi connectivity index (χ0v) is 9.44. The summed E-state index contributed by atoms with van der Waals surface area (Å²) in [6, 6.07) is 0.471. The average Bonchev–Trinajstić information content (AvgIpc) is 2.79. The molecule has 0 saturated carbocycles. The minimum absolute atomic E-state index is 0.371. The zero-order chi connectivity index (χ0) is 11.2. The summed E-state index contributed by atoms with van der Waals surface area (Å²) >= 11 is 0. The molecular weight excluding hydrogens is 210 g/mol. The van der Waals surface area contributed by atoms with E-state index in [0.717, 1.165) is 31.9 Å². The highest BCUT2D eigenvalue weighted by molar-refractivity contribution is 5.19. The second-order valence-electron chi connectivity index (χ2n) is 3.76. The molecule has 0 spiro atoms. The van der Waals surface area contributed by atoms with Crippen molar-refractivity contribution in [3.8, 4) is 0 Å². The van der Waals surface area contributed by atoms with Crippen molar-refractivity contribution < 1.29 is 14.0 Å². The molecule has 0 atom stereocenters.